The number of hydrogen-bond acceptors (Lipinski definition) is 5. The Morgan fingerprint density at radius 2 is 2.00 bits per heavy atom. The number of aromatic amines is 1. The van der Waals surface area contributed by atoms with Crippen molar-refractivity contribution in [3.63, 3.8) is 0 Å². The van der Waals surface area contributed by atoms with Crippen molar-refractivity contribution in [3.8, 4) is 11.6 Å². The average Bonchev–Trinajstić information content (AvgIpc) is 3.41. The zero-order chi connectivity index (χ0) is 23.8. The molecule has 33 heavy (non-hydrogen) atoms. The third-order valence-electron chi connectivity index (χ3n) is 5.54. The molecule has 1 fully saturated rings. The highest BCUT2D eigenvalue weighted by molar-refractivity contribution is 6.06. The maximum atomic E-state index is 13.8. The van der Waals surface area contributed by atoms with Gasteiger partial charge in [0.1, 0.15) is 11.4 Å². The van der Waals surface area contributed by atoms with E-state index in [1.54, 1.807) is 12.3 Å². The van der Waals surface area contributed by atoms with Crippen LogP contribution in [-0.2, 0) is 12.7 Å². The minimum absolute atomic E-state index is 0.0633. The fourth-order valence-electron chi connectivity index (χ4n) is 3.83. The number of aromatic nitrogens is 2. The topological polar surface area (TPSA) is 111 Å². The molecular formula is C22H23F3N6O2. The van der Waals surface area contributed by atoms with Crippen LogP contribution in [0.4, 0.5) is 13.2 Å². The second-order valence-corrected chi connectivity index (χ2v) is 7.95. The highest BCUT2D eigenvalue weighted by atomic mass is 19.4. The molecule has 2 aromatic heterocycles. The summed E-state index contributed by atoms with van der Waals surface area (Å²) in [4.78, 5) is 22.3. The first-order chi connectivity index (χ1) is 15.6. The summed E-state index contributed by atoms with van der Waals surface area (Å²) in [6.07, 6.45) is -0.820. The third kappa shape index (κ3) is 4.92. The molecule has 11 heteroatoms. The van der Waals surface area contributed by atoms with Gasteiger partial charge in [-0.25, -0.2) is 4.98 Å². The molecular weight excluding hydrogens is 437 g/mol. The number of halogens is 3. The molecule has 1 aliphatic heterocycles. The number of hydrogen-bond donors (Lipinski definition) is 3. The molecule has 1 aromatic carbocycles. The van der Waals surface area contributed by atoms with Crippen molar-refractivity contribution in [2.75, 3.05) is 20.1 Å². The van der Waals surface area contributed by atoms with Gasteiger partial charge in [0.25, 0.3) is 5.91 Å². The number of H-pyrrole nitrogens is 1. The van der Waals surface area contributed by atoms with E-state index in [2.05, 4.69) is 14.9 Å². The highest BCUT2D eigenvalue weighted by Crippen LogP contribution is 2.39. The quantitative estimate of drug-likeness (QED) is 0.395. The van der Waals surface area contributed by atoms with E-state index in [1.807, 2.05) is 6.07 Å². The number of amides is 1. The van der Waals surface area contributed by atoms with Crippen LogP contribution in [0.1, 0.15) is 34.5 Å². The second-order valence-electron chi connectivity index (χ2n) is 7.95. The number of guanidine groups is 1. The van der Waals surface area contributed by atoms with E-state index in [1.165, 1.54) is 13.1 Å². The number of pyridine rings is 1. The number of alkyl halides is 3. The fourth-order valence-corrected chi connectivity index (χ4v) is 3.83. The van der Waals surface area contributed by atoms with Gasteiger partial charge in [-0.05, 0) is 49.7 Å². The SMILES string of the molecule is CN(C(=N)N)C(=O)c1cc2c(C(F)(F)F)cc(Oc3cc(CN4CCCC4)ccn3)cc2[nH]1. The van der Waals surface area contributed by atoms with Gasteiger partial charge >= 0.3 is 6.18 Å². The van der Waals surface area contributed by atoms with E-state index in [-0.39, 0.29) is 28.2 Å². The van der Waals surface area contributed by atoms with Crippen LogP contribution in [0.15, 0.2) is 36.5 Å². The van der Waals surface area contributed by atoms with Crippen LogP contribution in [0.2, 0.25) is 0 Å². The summed E-state index contributed by atoms with van der Waals surface area (Å²) >= 11 is 0. The number of nitrogens with one attached hydrogen (secondary N) is 2. The number of nitrogens with zero attached hydrogens (tertiary/aromatic N) is 3. The minimum Gasteiger partial charge on any atom is -0.439 e. The van der Waals surface area contributed by atoms with Crippen molar-refractivity contribution in [2.45, 2.75) is 25.6 Å². The van der Waals surface area contributed by atoms with Gasteiger partial charge in [0.2, 0.25) is 5.88 Å². The van der Waals surface area contributed by atoms with Gasteiger partial charge in [0, 0.05) is 37.3 Å². The molecule has 4 N–H and O–H groups in total. The van der Waals surface area contributed by atoms with Crippen LogP contribution < -0.4 is 10.5 Å². The molecule has 8 nitrogen and oxygen atoms in total. The smallest absolute Gasteiger partial charge is 0.417 e. The summed E-state index contributed by atoms with van der Waals surface area (Å²) < 4.78 is 47.0. The lowest BCUT2D eigenvalue weighted by atomic mass is 10.1. The maximum Gasteiger partial charge on any atom is 0.417 e. The van der Waals surface area contributed by atoms with Gasteiger partial charge in [-0.1, -0.05) is 0 Å². The molecule has 0 radical (unpaired) electrons. The molecule has 3 aromatic rings. The third-order valence-corrected chi connectivity index (χ3v) is 5.54. The van der Waals surface area contributed by atoms with Crippen LogP contribution in [0.3, 0.4) is 0 Å². The number of likely N-dealkylation sites (tertiary alicyclic amines) is 1. The molecule has 1 aliphatic rings. The minimum atomic E-state index is -4.68. The standard InChI is InChI=1S/C22H23F3N6O2/c1-30(21(26)27)20(32)18-11-15-16(22(23,24)25)9-14(10-17(15)29-18)33-19-8-13(4-5-28-19)12-31-6-2-3-7-31/h4-5,8-11,29H,2-3,6-7,12H2,1H3,(H3,26,27). The Bertz CT molecular complexity index is 1200. The number of ether oxygens (including phenoxy) is 1. The van der Waals surface area contributed by atoms with Crippen LogP contribution in [-0.4, -0.2) is 51.8 Å². The Morgan fingerprint density at radius 3 is 2.67 bits per heavy atom. The first kappa shape index (κ1) is 22.6. The van der Waals surface area contributed by atoms with Crippen molar-refractivity contribution in [3.05, 3.63) is 53.3 Å². The van der Waals surface area contributed by atoms with Gasteiger partial charge in [-0.2, -0.15) is 13.2 Å². The normalized spacial score (nSPS) is 14.5. The number of benzene rings is 1. The molecule has 1 saturated heterocycles. The summed E-state index contributed by atoms with van der Waals surface area (Å²) in [5, 5.41) is 7.17. The van der Waals surface area contributed by atoms with E-state index < -0.39 is 23.6 Å². The average molecular weight is 460 g/mol. The van der Waals surface area contributed by atoms with Gasteiger partial charge in [-0.15, -0.1) is 0 Å². The van der Waals surface area contributed by atoms with Crippen LogP contribution in [0.25, 0.3) is 10.9 Å². The van der Waals surface area contributed by atoms with Gasteiger partial charge < -0.3 is 15.5 Å². The number of carbonyl (C=O) groups excluding carboxylic acids is 1. The summed E-state index contributed by atoms with van der Waals surface area (Å²) in [6.45, 7) is 2.74. The first-order valence-corrected chi connectivity index (χ1v) is 10.3. The van der Waals surface area contributed by atoms with Crippen molar-refractivity contribution in [1.29, 1.82) is 5.41 Å². The van der Waals surface area contributed by atoms with E-state index in [0.29, 0.717) is 0 Å². The van der Waals surface area contributed by atoms with E-state index >= 15 is 0 Å². The van der Waals surface area contributed by atoms with Crippen molar-refractivity contribution in [2.24, 2.45) is 5.73 Å². The molecule has 0 saturated carbocycles. The zero-order valence-corrected chi connectivity index (χ0v) is 17.9. The molecule has 0 atom stereocenters. The number of fused-ring (bicyclic) bond motifs is 1. The summed E-state index contributed by atoms with van der Waals surface area (Å²) in [5.41, 5.74) is 5.24. The van der Waals surface area contributed by atoms with E-state index in [9.17, 15) is 18.0 Å². The Hall–Kier alpha value is -3.60. The van der Waals surface area contributed by atoms with Crippen molar-refractivity contribution in [1.82, 2.24) is 19.8 Å². The predicted molar refractivity (Wildman–Crippen MR) is 116 cm³/mol. The maximum absolute atomic E-state index is 13.8. The lowest BCUT2D eigenvalue weighted by Crippen LogP contribution is -2.38. The van der Waals surface area contributed by atoms with E-state index in [0.717, 1.165) is 55.1 Å². The Morgan fingerprint density at radius 1 is 1.27 bits per heavy atom. The Kier molecular flexibility index (Phi) is 5.98. The van der Waals surface area contributed by atoms with Gasteiger partial charge in [-0.3, -0.25) is 20.0 Å². The predicted octanol–water partition coefficient (Wildman–Crippen LogP) is 3.94. The van der Waals surface area contributed by atoms with Crippen LogP contribution in [0.5, 0.6) is 11.6 Å². The molecule has 4 rings (SSSR count). The molecule has 174 valence electrons. The molecule has 0 aliphatic carbocycles. The van der Waals surface area contributed by atoms with Crippen LogP contribution in [0, 0.1) is 5.41 Å². The fraction of sp³-hybridized carbons (Fsp3) is 0.318. The molecule has 0 unspecified atom stereocenters. The van der Waals surface area contributed by atoms with Crippen molar-refractivity contribution >= 4 is 22.8 Å². The molecule has 3 heterocycles. The van der Waals surface area contributed by atoms with Crippen molar-refractivity contribution < 1.29 is 22.7 Å². The van der Waals surface area contributed by atoms with Crippen LogP contribution >= 0.6 is 0 Å². The monoisotopic (exact) mass is 460 g/mol. The van der Waals surface area contributed by atoms with Gasteiger partial charge in [0.05, 0.1) is 11.1 Å². The number of nitrogens with two attached hydrogens (primary N) is 1. The number of rotatable bonds is 5. The summed E-state index contributed by atoms with van der Waals surface area (Å²) in [7, 11) is 1.26. The molecule has 0 spiro atoms. The summed E-state index contributed by atoms with van der Waals surface area (Å²) in [6, 6.07) is 6.92. The highest BCUT2D eigenvalue weighted by Gasteiger charge is 2.34. The lowest BCUT2D eigenvalue weighted by molar-refractivity contribution is -0.136. The molecule has 0 bridgehead atoms. The number of carbonyl (C=O) groups is 1. The lowest BCUT2D eigenvalue weighted by Gasteiger charge is -2.15. The Balaban J connectivity index is 1.67. The van der Waals surface area contributed by atoms with Gasteiger partial charge in [0.15, 0.2) is 5.96 Å². The second kappa shape index (κ2) is 8.74. The first-order valence-electron chi connectivity index (χ1n) is 10.3. The summed E-state index contributed by atoms with van der Waals surface area (Å²) in [5.74, 6) is -1.15. The molecule has 1 amide bonds. The largest absolute Gasteiger partial charge is 0.439 e. The zero-order valence-electron chi connectivity index (χ0n) is 17.9. The Labute approximate surface area is 187 Å². The van der Waals surface area contributed by atoms with E-state index in [4.69, 9.17) is 15.9 Å².